The van der Waals surface area contributed by atoms with Gasteiger partial charge in [0.05, 0.1) is 0 Å². The molecular formula is C19H17BrN2O2. The number of aromatic nitrogens is 1. The molecule has 1 amide bonds. The van der Waals surface area contributed by atoms with Gasteiger partial charge in [0, 0.05) is 32.8 Å². The fraction of sp³-hybridized carbons (Fsp3) is 0.158. The van der Waals surface area contributed by atoms with Gasteiger partial charge in [-0.1, -0.05) is 34.1 Å². The van der Waals surface area contributed by atoms with Crippen LogP contribution in [-0.4, -0.2) is 16.8 Å². The Morgan fingerprint density at radius 3 is 2.67 bits per heavy atom. The van der Waals surface area contributed by atoms with Crippen LogP contribution in [0.3, 0.4) is 0 Å². The first-order valence-electron chi connectivity index (χ1n) is 7.60. The number of nitrogens with zero attached hydrogens (tertiary/aromatic N) is 1. The molecule has 0 bridgehead atoms. The summed E-state index contributed by atoms with van der Waals surface area (Å²) in [4.78, 5) is 23.6. The van der Waals surface area contributed by atoms with Crippen LogP contribution in [0.25, 0.3) is 10.9 Å². The fourth-order valence-corrected chi connectivity index (χ4v) is 3.20. The lowest BCUT2D eigenvalue weighted by Crippen LogP contribution is -2.19. The minimum atomic E-state index is -0.127. The maximum atomic E-state index is 12.4. The Hall–Kier alpha value is -2.40. The molecule has 1 aromatic heterocycles. The van der Waals surface area contributed by atoms with Crippen molar-refractivity contribution in [1.82, 2.24) is 4.57 Å². The van der Waals surface area contributed by atoms with E-state index in [4.69, 9.17) is 0 Å². The van der Waals surface area contributed by atoms with E-state index in [0.717, 1.165) is 38.5 Å². The molecule has 24 heavy (non-hydrogen) atoms. The number of carbonyl (C=O) groups excluding carboxylic acids is 2. The Morgan fingerprint density at radius 1 is 1.17 bits per heavy atom. The van der Waals surface area contributed by atoms with Gasteiger partial charge in [-0.3, -0.25) is 9.59 Å². The van der Waals surface area contributed by atoms with Crippen LogP contribution in [-0.2, 0) is 11.3 Å². The Balaban J connectivity index is 1.86. The van der Waals surface area contributed by atoms with Crippen LogP contribution in [0.1, 0.15) is 21.5 Å². The number of para-hydroxylation sites is 1. The number of halogens is 1. The lowest BCUT2D eigenvalue weighted by atomic mass is 10.1. The van der Waals surface area contributed by atoms with Gasteiger partial charge in [-0.05, 0) is 43.2 Å². The van der Waals surface area contributed by atoms with E-state index in [9.17, 15) is 9.59 Å². The Kier molecular flexibility index (Phi) is 4.53. The molecule has 0 radical (unpaired) electrons. The van der Waals surface area contributed by atoms with E-state index in [1.165, 1.54) is 0 Å². The minimum Gasteiger partial charge on any atom is -0.337 e. The monoisotopic (exact) mass is 384 g/mol. The summed E-state index contributed by atoms with van der Waals surface area (Å²) in [6, 6.07) is 11.4. The van der Waals surface area contributed by atoms with Gasteiger partial charge in [0.2, 0.25) is 5.91 Å². The summed E-state index contributed by atoms with van der Waals surface area (Å²) in [6.45, 7) is 4.14. The van der Waals surface area contributed by atoms with Crippen molar-refractivity contribution in [2.75, 3.05) is 5.32 Å². The zero-order valence-corrected chi connectivity index (χ0v) is 15.1. The molecule has 0 saturated heterocycles. The summed E-state index contributed by atoms with van der Waals surface area (Å²) in [5, 5.41) is 3.81. The first kappa shape index (κ1) is 16.5. The number of amides is 1. The van der Waals surface area contributed by atoms with Crippen molar-refractivity contribution in [2.45, 2.75) is 20.4 Å². The average Bonchev–Trinajstić information content (AvgIpc) is 2.93. The zero-order valence-electron chi connectivity index (χ0n) is 13.5. The molecule has 5 heteroatoms. The number of rotatable bonds is 4. The van der Waals surface area contributed by atoms with E-state index >= 15 is 0 Å². The molecular weight excluding hydrogens is 368 g/mol. The predicted octanol–water partition coefficient (Wildman–Crippen LogP) is 4.47. The summed E-state index contributed by atoms with van der Waals surface area (Å²) in [6.07, 6.45) is 2.54. The van der Waals surface area contributed by atoms with E-state index < -0.39 is 0 Å². The van der Waals surface area contributed by atoms with Gasteiger partial charge in [-0.15, -0.1) is 0 Å². The second kappa shape index (κ2) is 6.61. The topological polar surface area (TPSA) is 51.1 Å². The molecule has 1 heterocycles. The van der Waals surface area contributed by atoms with Crippen LogP contribution in [0.15, 0.2) is 47.1 Å². The first-order chi connectivity index (χ1) is 11.5. The normalized spacial score (nSPS) is 10.8. The number of nitrogens with one attached hydrogen (secondary N) is 1. The van der Waals surface area contributed by atoms with E-state index in [1.54, 1.807) is 10.8 Å². The highest BCUT2D eigenvalue weighted by Crippen LogP contribution is 2.26. The summed E-state index contributed by atoms with van der Waals surface area (Å²) in [7, 11) is 0. The molecule has 3 aromatic rings. The maximum Gasteiger partial charge on any atom is 0.244 e. The summed E-state index contributed by atoms with van der Waals surface area (Å²) < 4.78 is 2.82. The number of carbonyl (C=O) groups is 2. The molecule has 4 nitrogen and oxygen atoms in total. The largest absolute Gasteiger partial charge is 0.337 e. The molecule has 0 unspecified atom stereocenters. The molecule has 0 spiro atoms. The lowest BCUT2D eigenvalue weighted by Gasteiger charge is -2.12. The van der Waals surface area contributed by atoms with Gasteiger partial charge in [-0.25, -0.2) is 0 Å². The quantitative estimate of drug-likeness (QED) is 0.674. The van der Waals surface area contributed by atoms with Crippen molar-refractivity contribution in [1.29, 1.82) is 0 Å². The number of hydrogen-bond donors (Lipinski definition) is 1. The number of aldehydes is 1. The number of fused-ring (bicyclic) bond motifs is 1. The van der Waals surface area contributed by atoms with Crippen LogP contribution in [0.5, 0.6) is 0 Å². The van der Waals surface area contributed by atoms with Crippen LogP contribution in [0.2, 0.25) is 0 Å². The first-order valence-corrected chi connectivity index (χ1v) is 8.39. The minimum absolute atomic E-state index is 0.127. The van der Waals surface area contributed by atoms with Gasteiger partial charge >= 0.3 is 0 Å². The highest BCUT2D eigenvalue weighted by atomic mass is 79.9. The van der Waals surface area contributed by atoms with Crippen molar-refractivity contribution in [3.63, 3.8) is 0 Å². The molecule has 0 aliphatic heterocycles. The molecule has 3 rings (SSSR count). The SMILES string of the molecule is Cc1c(Br)ccc(NC(=O)Cn2cc(C=O)c3ccccc32)c1C. The van der Waals surface area contributed by atoms with Crippen LogP contribution >= 0.6 is 15.9 Å². The highest BCUT2D eigenvalue weighted by molar-refractivity contribution is 9.10. The van der Waals surface area contributed by atoms with Crippen molar-refractivity contribution in [3.8, 4) is 0 Å². The van der Waals surface area contributed by atoms with Crippen LogP contribution in [0, 0.1) is 13.8 Å². The van der Waals surface area contributed by atoms with E-state index in [-0.39, 0.29) is 12.5 Å². The maximum absolute atomic E-state index is 12.4. The van der Waals surface area contributed by atoms with Crippen molar-refractivity contribution < 1.29 is 9.59 Å². The molecule has 122 valence electrons. The highest BCUT2D eigenvalue weighted by Gasteiger charge is 2.12. The third-order valence-corrected chi connectivity index (χ3v) is 5.11. The third kappa shape index (κ3) is 2.99. The van der Waals surface area contributed by atoms with Gasteiger partial charge in [0.15, 0.2) is 6.29 Å². The second-order valence-electron chi connectivity index (χ2n) is 5.74. The predicted molar refractivity (Wildman–Crippen MR) is 99.6 cm³/mol. The number of hydrogen-bond acceptors (Lipinski definition) is 2. The lowest BCUT2D eigenvalue weighted by molar-refractivity contribution is -0.116. The van der Waals surface area contributed by atoms with Crippen LogP contribution in [0.4, 0.5) is 5.69 Å². The van der Waals surface area contributed by atoms with Gasteiger partial charge in [-0.2, -0.15) is 0 Å². The van der Waals surface area contributed by atoms with Crippen LogP contribution < -0.4 is 5.32 Å². The van der Waals surface area contributed by atoms with Crippen molar-refractivity contribution >= 4 is 44.7 Å². The van der Waals surface area contributed by atoms with E-state index in [0.29, 0.717) is 5.56 Å². The summed E-state index contributed by atoms with van der Waals surface area (Å²) >= 11 is 3.49. The molecule has 0 fully saturated rings. The Labute approximate surface area is 148 Å². The molecule has 0 aliphatic carbocycles. The Morgan fingerprint density at radius 2 is 1.92 bits per heavy atom. The third-order valence-electron chi connectivity index (χ3n) is 4.26. The van der Waals surface area contributed by atoms with Gasteiger partial charge in [0.25, 0.3) is 0 Å². The molecule has 0 saturated carbocycles. The van der Waals surface area contributed by atoms with E-state index in [1.807, 2.05) is 50.2 Å². The average molecular weight is 385 g/mol. The summed E-state index contributed by atoms with van der Waals surface area (Å²) in [5.74, 6) is -0.127. The summed E-state index contributed by atoms with van der Waals surface area (Å²) in [5.41, 5.74) is 4.39. The smallest absolute Gasteiger partial charge is 0.244 e. The molecule has 0 aliphatic rings. The fourth-order valence-electron chi connectivity index (χ4n) is 2.77. The molecule has 2 aromatic carbocycles. The van der Waals surface area contributed by atoms with E-state index in [2.05, 4.69) is 21.2 Å². The van der Waals surface area contributed by atoms with Gasteiger partial charge in [0.1, 0.15) is 6.54 Å². The zero-order chi connectivity index (χ0) is 17.3. The van der Waals surface area contributed by atoms with Crippen molar-refractivity contribution in [2.24, 2.45) is 0 Å². The number of benzene rings is 2. The van der Waals surface area contributed by atoms with Crippen molar-refractivity contribution in [3.05, 3.63) is 63.8 Å². The standard InChI is InChI=1S/C19H17BrN2O2/c1-12-13(2)17(8-7-16(12)20)21-19(24)10-22-9-14(11-23)15-5-3-4-6-18(15)22/h3-9,11H,10H2,1-2H3,(H,21,24). The number of anilines is 1. The van der Waals surface area contributed by atoms with Gasteiger partial charge < -0.3 is 9.88 Å². The molecule has 0 atom stereocenters. The molecule has 1 N–H and O–H groups in total. The Bertz CT molecular complexity index is 944. The second-order valence-corrected chi connectivity index (χ2v) is 6.59.